The molecule has 0 aliphatic rings. The molecule has 1 aromatic heterocycles. The third-order valence-corrected chi connectivity index (χ3v) is 2.96. The van der Waals surface area contributed by atoms with Gasteiger partial charge in [0.05, 0.1) is 16.6 Å². The average Bonchev–Trinajstić information content (AvgIpc) is 2.69. The SMILES string of the molecule is N#Cc1ccc(-n2cnc(Cl)c2Cl)c([N+](=O)[O-])c1. The van der Waals surface area contributed by atoms with E-state index in [0.29, 0.717) is 0 Å². The Morgan fingerprint density at radius 1 is 1.44 bits per heavy atom. The quantitative estimate of drug-likeness (QED) is 0.626. The lowest BCUT2D eigenvalue weighted by Gasteiger charge is -2.05. The molecule has 0 aliphatic heterocycles. The summed E-state index contributed by atoms with van der Waals surface area (Å²) in [6.07, 6.45) is 1.28. The Kier molecular flexibility index (Phi) is 3.19. The molecule has 0 atom stereocenters. The molecule has 0 saturated carbocycles. The summed E-state index contributed by atoms with van der Waals surface area (Å²) < 4.78 is 1.28. The van der Waals surface area contributed by atoms with Crippen LogP contribution in [0.5, 0.6) is 0 Å². The summed E-state index contributed by atoms with van der Waals surface area (Å²) in [5.74, 6) is 0. The van der Waals surface area contributed by atoms with Gasteiger partial charge in [-0.2, -0.15) is 5.26 Å². The maximum absolute atomic E-state index is 11.0. The minimum atomic E-state index is -0.597. The smallest absolute Gasteiger partial charge is 0.282 e. The van der Waals surface area contributed by atoms with Crippen LogP contribution in [0.2, 0.25) is 10.3 Å². The maximum Gasteiger partial charge on any atom is 0.294 e. The van der Waals surface area contributed by atoms with Crippen LogP contribution in [0, 0.1) is 21.4 Å². The van der Waals surface area contributed by atoms with Crippen LogP contribution < -0.4 is 0 Å². The number of rotatable bonds is 2. The van der Waals surface area contributed by atoms with E-state index < -0.39 is 4.92 Å². The second-order valence-electron chi connectivity index (χ2n) is 3.27. The number of aromatic nitrogens is 2. The van der Waals surface area contributed by atoms with Crippen molar-refractivity contribution in [3.63, 3.8) is 0 Å². The third kappa shape index (κ3) is 2.01. The second kappa shape index (κ2) is 4.64. The van der Waals surface area contributed by atoms with Gasteiger partial charge in [0.25, 0.3) is 5.69 Å². The molecule has 1 heterocycles. The van der Waals surface area contributed by atoms with Gasteiger partial charge in [-0.25, -0.2) is 4.98 Å². The molecule has 0 amide bonds. The lowest BCUT2D eigenvalue weighted by Crippen LogP contribution is -1.99. The topological polar surface area (TPSA) is 84.8 Å². The average molecular weight is 283 g/mol. The number of halogens is 2. The highest BCUT2D eigenvalue weighted by atomic mass is 35.5. The van der Waals surface area contributed by atoms with E-state index in [0.717, 1.165) is 0 Å². The van der Waals surface area contributed by atoms with Crippen LogP contribution in [-0.2, 0) is 0 Å². The summed E-state index contributed by atoms with van der Waals surface area (Å²) in [5.41, 5.74) is 0.140. The predicted molar refractivity (Wildman–Crippen MR) is 65.0 cm³/mol. The fourth-order valence-corrected chi connectivity index (χ4v) is 1.74. The number of benzene rings is 1. The molecule has 0 unspecified atom stereocenters. The lowest BCUT2D eigenvalue weighted by atomic mass is 10.2. The molecular formula is C10H4Cl2N4O2. The molecule has 0 N–H and O–H groups in total. The number of nitrogens with zero attached hydrogens (tertiary/aromatic N) is 4. The van der Waals surface area contributed by atoms with Gasteiger partial charge in [-0.15, -0.1) is 0 Å². The number of hydrogen-bond donors (Lipinski definition) is 0. The van der Waals surface area contributed by atoms with Crippen molar-refractivity contribution >= 4 is 28.9 Å². The Hall–Kier alpha value is -2.10. The molecule has 0 radical (unpaired) electrons. The summed E-state index contributed by atoms with van der Waals surface area (Å²) in [6, 6.07) is 5.87. The summed E-state index contributed by atoms with van der Waals surface area (Å²) in [6.45, 7) is 0. The molecule has 0 saturated heterocycles. The van der Waals surface area contributed by atoms with Crippen LogP contribution in [0.4, 0.5) is 5.69 Å². The molecule has 2 rings (SSSR count). The van der Waals surface area contributed by atoms with Crippen molar-refractivity contribution in [1.29, 1.82) is 5.26 Å². The summed E-state index contributed by atoms with van der Waals surface area (Å²) >= 11 is 11.6. The zero-order chi connectivity index (χ0) is 13.3. The maximum atomic E-state index is 11.0. The second-order valence-corrected chi connectivity index (χ2v) is 3.98. The summed E-state index contributed by atoms with van der Waals surface area (Å²) in [4.78, 5) is 14.1. The van der Waals surface area contributed by atoms with Crippen molar-refractivity contribution in [1.82, 2.24) is 9.55 Å². The molecule has 0 spiro atoms. The van der Waals surface area contributed by atoms with Gasteiger partial charge in [-0.3, -0.25) is 14.7 Å². The molecule has 1 aromatic carbocycles. The summed E-state index contributed by atoms with van der Waals surface area (Å²) in [7, 11) is 0. The number of nitriles is 1. The Balaban J connectivity index is 2.68. The van der Waals surface area contributed by atoms with E-state index in [-0.39, 0.29) is 27.2 Å². The van der Waals surface area contributed by atoms with Gasteiger partial charge in [-0.05, 0) is 12.1 Å². The minimum Gasteiger partial charge on any atom is -0.282 e. The highest BCUT2D eigenvalue weighted by Crippen LogP contribution is 2.29. The number of nitro groups is 1. The molecule has 0 bridgehead atoms. The van der Waals surface area contributed by atoms with E-state index >= 15 is 0 Å². The fourth-order valence-electron chi connectivity index (χ4n) is 1.42. The molecule has 6 nitrogen and oxygen atoms in total. The van der Waals surface area contributed by atoms with Crippen molar-refractivity contribution in [2.45, 2.75) is 0 Å². The van der Waals surface area contributed by atoms with E-state index in [9.17, 15) is 10.1 Å². The fraction of sp³-hybridized carbons (Fsp3) is 0. The van der Waals surface area contributed by atoms with Crippen molar-refractivity contribution in [2.75, 3.05) is 0 Å². The van der Waals surface area contributed by atoms with Crippen molar-refractivity contribution in [3.8, 4) is 11.8 Å². The van der Waals surface area contributed by atoms with Crippen LogP contribution in [0.15, 0.2) is 24.5 Å². The van der Waals surface area contributed by atoms with E-state index in [1.54, 1.807) is 0 Å². The largest absolute Gasteiger partial charge is 0.294 e. The number of imidazole rings is 1. The zero-order valence-corrected chi connectivity index (χ0v) is 10.2. The zero-order valence-electron chi connectivity index (χ0n) is 8.67. The first kappa shape index (κ1) is 12.4. The van der Waals surface area contributed by atoms with Gasteiger partial charge < -0.3 is 0 Å². The van der Waals surface area contributed by atoms with Crippen LogP contribution in [-0.4, -0.2) is 14.5 Å². The first-order chi connectivity index (χ1) is 8.54. The van der Waals surface area contributed by atoms with Crippen LogP contribution in [0.1, 0.15) is 5.56 Å². The minimum absolute atomic E-state index is 0.0512. The van der Waals surface area contributed by atoms with Crippen molar-refractivity contribution in [3.05, 3.63) is 50.5 Å². The molecular weight excluding hydrogens is 279 g/mol. The Morgan fingerprint density at radius 3 is 2.67 bits per heavy atom. The molecule has 0 fully saturated rings. The van der Waals surface area contributed by atoms with Gasteiger partial charge in [0.15, 0.2) is 10.3 Å². The van der Waals surface area contributed by atoms with E-state index in [2.05, 4.69) is 4.98 Å². The number of nitro benzene ring substituents is 1. The first-order valence-electron chi connectivity index (χ1n) is 4.62. The van der Waals surface area contributed by atoms with Crippen molar-refractivity contribution < 1.29 is 4.92 Å². The van der Waals surface area contributed by atoms with Crippen LogP contribution in [0.25, 0.3) is 5.69 Å². The van der Waals surface area contributed by atoms with E-state index in [1.807, 2.05) is 6.07 Å². The monoisotopic (exact) mass is 282 g/mol. The first-order valence-corrected chi connectivity index (χ1v) is 5.37. The highest BCUT2D eigenvalue weighted by Gasteiger charge is 2.19. The van der Waals surface area contributed by atoms with Gasteiger partial charge in [0, 0.05) is 6.07 Å². The van der Waals surface area contributed by atoms with Crippen LogP contribution >= 0.6 is 23.2 Å². The Morgan fingerprint density at radius 2 is 2.17 bits per heavy atom. The Labute approximate surface area is 111 Å². The van der Waals surface area contributed by atoms with E-state index in [4.69, 9.17) is 28.5 Å². The molecule has 90 valence electrons. The number of hydrogen-bond acceptors (Lipinski definition) is 4. The highest BCUT2D eigenvalue weighted by molar-refractivity contribution is 6.40. The molecule has 18 heavy (non-hydrogen) atoms. The van der Waals surface area contributed by atoms with E-state index in [1.165, 1.54) is 29.1 Å². The van der Waals surface area contributed by atoms with Crippen LogP contribution in [0.3, 0.4) is 0 Å². The Bertz CT molecular complexity index is 675. The standard InChI is InChI=1S/C10H4Cl2N4O2/c11-9-10(12)15(5-14-9)7-2-1-6(4-13)3-8(7)16(17)18/h1-3,5H. The molecule has 2 aromatic rings. The van der Waals surface area contributed by atoms with Gasteiger partial charge in [0.1, 0.15) is 12.0 Å². The third-order valence-electron chi connectivity index (χ3n) is 2.23. The van der Waals surface area contributed by atoms with Crippen molar-refractivity contribution in [2.24, 2.45) is 0 Å². The van der Waals surface area contributed by atoms with Gasteiger partial charge in [-0.1, -0.05) is 23.2 Å². The predicted octanol–water partition coefficient (Wildman–Crippen LogP) is 2.96. The molecule has 8 heteroatoms. The van der Waals surface area contributed by atoms with Gasteiger partial charge in [0.2, 0.25) is 0 Å². The molecule has 0 aliphatic carbocycles. The van der Waals surface area contributed by atoms with Gasteiger partial charge >= 0.3 is 0 Å². The lowest BCUT2D eigenvalue weighted by molar-refractivity contribution is -0.384. The summed E-state index contributed by atoms with van der Waals surface area (Å²) in [5, 5.41) is 19.8. The normalized spacial score (nSPS) is 10.1.